The molecule has 5 nitrogen and oxygen atoms in total. The van der Waals surface area contributed by atoms with Crippen LogP contribution in [0.4, 0.5) is 13.2 Å². The van der Waals surface area contributed by atoms with Gasteiger partial charge < -0.3 is 9.67 Å². The van der Waals surface area contributed by atoms with Crippen molar-refractivity contribution in [2.24, 2.45) is 7.05 Å². The molecule has 10 heteroatoms. The Balaban J connectivity index is 2.10. The Kier molecular flexibility index (Phi) is 4.83. The van der Waals surface area contributed by atoms with Crippen molar-refractivity contribution in [1.29, 1.82) is 0 Å². The second kappa shape index (κ2) is 6.75. The lowest BCUT2D eigenvalue weighted by Gasteiger charge is -2.08. The Morgan fingerprint density at radius 1 is 1.20 bits per heavy atom. The van der Waals surface area contributed by atoms with Crippen molar-refractivity contribution >= 4 is 34.6 Å². The van der Waals surface area contributed by atoms with Gasteiger partial charge in [-0.15, -0.1) is 11.8 Å². The summed E-state index contributed by atoms with van der Waals surface area (Å²) in [5.41, 5.74) is -2.83. The summed E-state index contributed by atoms with van der Waals surface area (Å²) in [5.74, 6) is 1.32. The fraction of sp³-hybridized carbons (Fsp3) is 0.267. The third-order valence-corrected chi connectivity index (χ3v) is 4.89. The molecule has 0 bridgehead atoms. The molecule has 3 heterocycles. The molecule has 3 aromatic rings. The minimum atomic E-state index is -4.40. The van der Waals surface area contributed by atoms with Crippen LogP contribution in [0.25, 0.3) is 22.6 Å². The van der Waals surface area contributed by atoms with E-state index in [1.807, 2.05) is 6.92 Å². The molecule has 0 aromatic carbocycles. The molecule has 0 unspecified atom stereocenters. The number of pyridine rings is 2. The average molecular weight is 386 g/mol. The molecule has 0 saturated carbocycles. The summed E-state index contributed by atoms with van der Waals surface area (Å²) in [6.07, 6.45) is 2.69. The first-order valence-electron chi connectivity index (χ1n) is 7.19. The van der Waals surface area contributed by atoms with Gasteiger partial charge in [-0.25, -0.2) is 15.0 Å². The number of aromatic hydroxyl groups is 1. The van der Waals surface area contributed by atoms with E-state index in [1.54, 1.807) is 17.7 Å². The van der Waals surface area contributed by atoms with Crippen LogP contribution in [-0.2, 0) is 7.05 Å². The normalized spacial score (nSPS) is 12.0. The highest BCUT2D eigenvalue weighted by atomic mass is 32.2. The minimum absolute atomic E-state index is 0.0454. The van der Waals surface area contributed by atoms with E-state index < -0.39 is 5.51 Å². The predicted octanol–water partition coefficient (Wildman–Crippen LogP) is 4.46. The molecule has 3 rings (SSSR count). The number of aryl methyl sites for hydroxylation is 1. The van der Waals surface area contributed by atoms with Crippen LogP contribution in [-0.4, -0.2) is 35.9 Å². The van der Waals surface area contributed by atoms with E-state index in [2.05, 4.69) is 15.0 Å². The minimum Gasteiger partial charge on any atom is -0.506 e. The summed E-state index contributed by atoms with van der Waals surface area (Å²) >= 11 is 1.22. The first-order valence-corrected chi connectivity index (χ1v) is 8.99. The fourth-order valence-electron chi connectivity index (χ4n) is 2.32. The third-order valence-electron chi connectivity index (χ3n) is 3.31. The van der Waals surface area contributed by atoms with Gasteiger partial charge in [0.25, 0.3) is 0 Å². The number of rotatable bonds is 4. The number of aromatic nitrogens is 4. The summed E-state index contributed by atoms with van der Waals surface area (Å²) < 4.78 is 39.3. The maximum absolute atomic E-state index is 12.5. The van der Waals surface area contributed by atoms with Crippen molar-refractivity contribution in [3.63, 3.8) is 0 Å². The second-order valence-corrected chi connectivity index (χ2v) is 7.42. The molecule has 132 valence electrons. The van der Waals surface area contributed by atoms with Crippen LogP contribution < -0.4 is 0 Å². The molecule has 0 aliphatic rings. The lowest BCUT2D eigenvalue weighted by atomic mass is 10.3. The summed E-state index contributed by atoms with van der Waals surface area (Å²) in [5, 5.41) is 9.48. The van der Waals surface area contributed by atoms with E-state index in [4.69, 9.17) is 0 Å². The SMILES string of the molecule is CCSc1cc(O)cnc1-c1nc2cc(SC(F)(F)F)ncc2n1C. The molecular formula is C15H13F3N4OS2. The highest BCUT2D eigenvalue weighted by Gasteiger charge is 2.30. The highest BCUT2D eigenvalue weighted by Crippen LogP contribution is 2.37. The maximum atomic E-state index is 12.5. The van der Waals surface area contributed by atoms with Crippen molar-refractivity contribution in [3.05, 3.63) is 24.5 Å². The van der Waals surface area contributed by atoms with Crippen LogP contribution in [0.5, 0.6) is 5.75 Å². The summed E-state index contributed by atoms with van der Waals surface area (Å²) in [7, 11) is 1.75. The molecule has 0 aliphatic carbocycles. The lowest BCUT2D eigenvalue weighted by Crippen LogP contribution is -2.00. The first-order chi connectivity index (χ1) is 11.8. The smallest absolute Gasteiger partial charge is 0.447 e. The molecule has 1 N–H and O–H groups in total. The Hall–Kier alpha value is -1.94. The van der Waals surface area contributed by atoms with E-state index in [0.717, 1.165) is 10.6 Å². The zero-order valence-electron chi connectivity index (χ0n) is 13.2. The molecule has 0 saturated heterocycles. The van der Waals surface area contributed by atoms with Crippen LogP contribution in [0.1, 0.15) is 6.92 Å². The molecule has 0 fully saturated rings. The van der Waals surface area contributed by atoms with Crippen LogP contribution >= 0.6 is 23.5 Å². The molecule has 3 aromatic heterocycles. The van der Waals surface area contributed by atoms with Gasteiger partial charge in [-0.2, -0.15) is 13.2 Å². The Morgan fingerprint density at radius 2 is 1.96 bits per heavy atom. The van der Waals surface area contributed by atoms with Crippen molar-refractivity contribution in [2.45, 2.75) is 22.4 Å². The van der Waals surface area contributed by atoms with Gasteiger partial charge in [-0.05, 0) is 17.9 Å². The summed E-state index contributed by atoms with van der Waals surface area (Å²) in [4.78, 5) is 13.3. The first kappa shape index (κ1) is 17.9. The topological polar surface area (TPSA) is 63.8 Å². The molecule has 25 heavy (non-hydrogen) atoms. The standard InChI is InChI=1S/C15H13F3N4OS2/c1-3-24-11-4-8(23)6-20-13(11)14-21-9-5-12(25-15(16,17)18)19-7-10(9)22(14)2/h4-7,23H,3H2,1-2H3. The van der Waals surface area contributed by atoms with Gasteiger partial charge in [-0.3, -0.25) is 0 Å². The van der Waals surface area contributed by atoms with Crippen molar-refractivity contribution in [1.82, 2.24) is 19.5 Å². The Labute approximate surface area is 149 Å². The summed E-state index contributed by atoms with van der Waals surface area (Å²) in [6.45, 7) is 1.97. The van der Waals surface area contributed by atoms with Crippen LogP contribution in [0.3, 0.4) is 0 Å². The van der Waals surface area contributed by atoms with Crippen molar-refractivity contribution in [2.75, 3.05) is 5.75 Å². The monoisotopic (exact) mass is 386 g/mol. The molecule has 0 atom stereocenters. The molecule has 0 aliphatic heterocycles. The number of imidazole rings is 1. The number of halogens is 3. The third kappa shape index (κ3) is 3.84. The van der Waals surface area contributed by atoms with Gasteiger partial charge in [0.05, 0.1) is 23.4 Å². The van der Waals surface area contributed by atoms with E-state index >= 15 is 0 Å². The number of hydrogen-bond acceptors (Lipinski definition) is 6. The number of hydrogen-bond donors (Lipinski definition) is 1. The number of thioether (sulfide) groups is 2. The zero-order valence-corrected chi connectivity index (χ0v) is 14.8. The van der Waals surface area contributed by atoms with Gasteiger partial charge in [0, 0.05) is 23.7 Å². The van der Waals surface area contributed by atoms with E-state index in [9.17, 15) is 18.3 Å². The van der Waals surface area contributed by atoms with Gasteiger partial charge in [0.2, 0.25) is 0 Å². The predicted molar refractivity (Wildman–Crippen MR) is 91.7 cm³/mol. The van der Waals surface area contributed by atoms with E-state index in [-0.39, 0.29) is 22.5 Å². The largest absolute Gasteiger partial charge is 0.506 e. The second-order valence-electron chi connectivity index (χ2n) is 5.03. The molecular weight excluding hydrogens is 373 g/mol. The molecule has 0 amide bonds. The Morgan fingerprint density at radius 3 is 2.64 bits per heavy atom. The van der Waals surface area contributed by atoms with Gasteiger partial charge in [0.15, 0.2) is 5.82 Å². The fourth-order valence-corrected chi connectivity index (χ4v) is 3.63. The number of nitrogens with zero attached hydrogens (tertiary/aromatic N) is 4. The highest BCUT2D eigenvalue weighted by molar-refractivity contribution is 8.00. The van der Waals surface area contributed by atoms with Gasteiger partial charge in [0.1, 0.15) is 16.5 Å². The van der Waals surface area contributed by atoms with E-state index in [1.165, 1.54) is 30.2 Å². The van der Waals surface area contributed by atoms with Crippen molar-refractivity contribution < 1.29 is 18.3 Å². The number of fused-ring (bicyclic) bond motifs is 1. The lowest BCUT2D eigenvalue weighted by molar-refractivity contribution is -0.0329. The molecule has 0 radical (unpaired) electrons. The quantitative estimate of drug-likeness (QED) is 0.668. The number of alkyl halides is 3. The van der Waals surface area contributed by atoms with Gasteiger partial charge >= 0.3 is 5.51 Å². The Bertz CT molecular complexity index is 927. The van der Waals surface area contributed by atoms with Crippen LogP contribution in [0, 0.1) is 0 Å². The maximum Gasteiger partial charge on any atom is 0.447 e. The average Bonchev–Trinajstić information content (AvgIpc) is 2.83. The zero-order chi connectivity index (χ0) is 18.2. The van der Waals surface area contributed by atoms with Crippen molar-refractivity contribution in [3.8, 4) is 17.3 Å². The van der Waals surface area contributed by atoms with Gasteiger partial charge in [-0.1, -0.05) is 6.92 Å². The molecule has 0 spiro atoms. The van der Waals surface area contributed by atoms with Crippen LogP contribution in [0.15, 0.2) is 34.4 Å². The van der Waals surface area contributed by atoms with E-state index in [0.29, 0.717) is 22.6 Å². The summed E-state index contributed by atoms with van der Waals surface area (Å²) in [6, 6.07) is 2.91. The van der Waals surface area contributed by atoms with Crippen LogP contribution in [0.2, 0.25) is 0 Å².